The minimum Gasteiger partial charge on any atom is -0.503 e. The molecule has 0 aromatic heterocycles. The maximum Gasteiger partial charge on any atom is 0.180 e. The van der Waals surface area contributed by atoms with E-state index in [0.717, 1.165) is 23.3 Å². The van der Waals surface area contributed by atoms with Crippen LogP contribution in [0.1, 0.15) is 33.1 Å². The molecule has 0 aromatic carbocycles. The fraction of sp³-hybridized carbons (Fsp3) is 0.435. The van der Waals surface area contributed by atoms with Crippen molar-refractivity contribution in [2.75, 3.05) is 33.3 Å². The van der Waals surface area contributed by atoms with E-state index in [1.807, 2.05) is 13.0 Å². The molecule has 0 bridgehead atoms. The van der Waals surface area contributed by atoms with Crippen molar-refractivity contribution in [3.05, 3.63) is 71.1 Å². The summed E-state index contributed by atoms with van der Waals surface area (Å²) in [5.41, 5.74) is 3.78. The quantitative estimate of drug-likeness (QED) is 0.550. The average molecular weight is 399 g/mol. The third-order valence-corrected chi connectivity index (χ3v) is 4.60. The lowest BCUT2D eigenvalue weighted by atomic mass is 9.99. The van der Waals surface area contributed by atoms with Gasteiger partial charge in [-0.25, -0.2) is 0 Å². The highest BCUT2D eigenvalue weighted by Gasteiger charge is 2.16. The van der Waals surface area contributed by atoms with Crippen LogP contribution in [0.25, 0.3) is 0 Å². The normalized spacial score (nSPS) is 21.6. The fourth-order valence-electron chi connectivity index (χ4n) is 3.03. The minimum atomic E-state index is 0.144. The van der Waals surface area contributed by atoms with Crippen LogP contribution in [0.4, 0.5) is 0 Å². The number of rotatable bonds is 6. The molecule has 4 N–H and O–H groups in total. The molecule has 0 atom stereocenters. The highest BCUT2D eigenvalue weighted by atomic mass is 16.5. The van der Waals surface area contributed by atoms with Gasteiger partial charge in [-0.15, -0.1) is 0 Å². The number of methoxy groups -OCH3 is 1. The summed E-state index contributed by atoms with van der Waals surface area (Å²) in [5.74, 6) is 0.669. The van der Waals surface area contributed by atoms with E-state index in [1.165, 1.54) is 25.9 Å². The molecule has 3 aliphatic rings. The Morgan fingerprint density at radius 3 is 2.69 bits per heavy atom. The monoisotopic (exact) mass is 398 g/mol. The van der Waals surface area contributed by atoms with Gasteiger partial charge in [0.1, 0.15) is 0 Å². The van der Waals surface area contributed by atoms with Crippen LogP contribution < -0.4 is 16.0 Å². The molecular formula is C23H34N4O2. The van der Waals surface area contributed by atoms with Gasteiger partial charge in [-0.3, -0.25) is 4.99 Å². The Balaban J connectivity index is 0.000000521. The summed E-state index contributed by atoms with van der Waals surface area (Å²) in [6.45, 7) is 7.63. The first kappa shape index (κ1) is 22.6. The first-order valence-corrected chi connectivity index (χ1v) is 10.3. The molecule has 6 nitrogen and oxygen atoms in total. The largest absolute Gasteiger partial charge is 0.503 e. The van der Waals surface area contributed by atoms with Gasteiger partial charge in [0.25, 0.3) is 0 Å². The predicted octanol–water partition coefficient (Wildman–Crippen LogP) is 3.61. The molecule has 6 heteroatoms. The van der Waals surface area contributed by atoms with Gasteiger partial charge in [-0.05, 0) is 56.5 Å². The molecule has 0 amide bonds. The van der Waals surface area contributed by atoms with Gasteiger partial charge in [0.15, 0.2) is 11.5 Å². The zero-order chi connectivity index (χ0) is 20.9. The van der Waals surface area contributed by atoms with E-state index in [1.54, 1.807) is 19.5 Å². The topological polar surface area (TPSA) is 77.9 Å². The SMILES string of the molecule is C1CCNC1.C\C=C/N=C1\C=C(CNC2=CNCC(OC)=C2O)C=C\C1=C/CC. The van der Waals surface area contributed by atoms with Crippen molar-refractivity contribution in [1.82, 2.24) is 16.0 Å². The summed E-state index contributed by atoms with van der Waals surface area (Å²) in [5, 5.41) is 19.7. The van der Waals surface area contributed by atoms with Crippen LogP contribution in [-0.4, -0.2) is 44.1 Å². The van der Waals surface area contributed by atoms with Crippen LogP contribution in [0.15, 0.2) is 76.1 Å². The van der Waals surface area contributed by atoms with Crippen molar-refractivity contribution in [3.63, 3.8) is 0 Å². The molecule has 1 fully saturated rings. The molecule has 2 heterocycles. The maximum absolute atomic E-state index is 10.1. The van der Waals surface area contributed by atoms with Gasteiger partial charge >= 0.3 is 0 Å². The van der Waals surface area contributed by atoms with E-state index in [9.17, 15) is 5.11 Å². The molecule has 1 aliphatic carbocycles. The van der Waals surface area contributed by atoms with Crippen LogP contribution in [0.3, 0.4) is 0 Å². The molecule has 0 saturated carbocycles. The Hall–Kier alpha value is -2.73. The van der Waals surface area contributed by atoms with E-state index in [2.05, 4.69) is 52.2 Å². The Kier molecular flexibility index (Phi) is 9.86. The number of ether oxygens (including phenoxy) is 1. The number of aliphatic hydroxyl groups excluding tert-OH is 1. The van der Waals surface area contributed by atoms with Gasteiger partial charge in [-0.1, -0.05) is 31.2 Å². The second kappa shape index (κ2) is 12.7. The van der Waals surface area contributed by atoms with E-state index in [-0.39, 0.29) is 5.76 Å². The van der Waals surface area contributed by atoms with Crippen molar-refractivity contribution >= 4 is 5.71 Å². The molecule has 0 unspecified atom stereocenters. The van der Waals surface area contributed by atoms with Crippen molar-refractivity contribution in [2.24, 2.45) is 4.99 Å². The summed E-state index contributed by atoms with van der Waals surface area (Å²) in [6, 6.07) is 0. The van der Waals surface area contributed by atoms with E-state index in [0.29, 0.717) is 24.5 Å². The number of aliphatic imine (C=N–C) groups is 1. The molecule has 0 aromatic rings. The third-order valence-electron chi connectivity index (χ3n) is 4.60. The number of hydrogen-bond acceptors (Lipinski definition) is 6. The van der Waals surface area contributed by atoms with Crippen LogP contribution in [-0.2, 0) is 4.74 Å². The van der Waals surface area contributed by atoms with E-state index >= 15 is 0 Å². The Bertz CT molecular complexity index is 743. The number of dihydropyridines is 1. The summed E-state index contributed by atoms with van der Waals surface area (Å²) in [6.07, 6.45) is 17.6. The van der Waals surface area contributed by atoms with Crippen molar-refractivity contribution in [3.8, 4) is 0 Å². The lowest BCUT2D eigenvalue weighted by Gasteiger charge is -2.20. The van der Waals surface area contributed by atoms with Gasteiger partial charge in [0.05, 0.1) is 25.1 Å². The summed E-state index contributed by atoms with van der Waals surface area (Å²) >= 11 is 0. The number of nitrogens with zero attached hydrogens (tertiary/aromatic N) is 1. The van der Waals surface area contributed by atoms with Gasteiger partial charge in [-0.2, -0.15) is 0 Å². The van der Waals surface area contributed by atoms with Crippen molar-refractivity contribution < 1.29 is 9.84 Å². The zero-order valence-electron chi connectivity index (χ0n) is 17.8. The molecular weight excluding hydrogens is 364 g/mol. The second-order valence-electron chi connectivity index (χ2n) is 6.84. The number of allylic oxidation sites excluding steroid dienone is 5. The van der Waals surface area contributed by atoms with Gasteiger partial charge < -0.3 is 25.8 Å². The zero-order valence-corrected chi connectivity index (χ0v) is 17.8. The molecule has 0 radical (unpaired) electrons. The first-order chi connectivity index (χ1) is 14.2. The van der Waals surface area contributed by atoms with Gasteiger partial charge in [0.2, 0.25) is 0 Å². The Labute approximate surface area is 174 Å². The highest BCUT2D eigenvalue weighted by Crippen LogP contribution is 2.17. The van der Waals surface area contributed by atoms with Gasteiger partial charge in [0, 0.05) is 18.9 Å². The molecule has 2 aliphatic heterocycles. The molecule has 0 spiro atoms. The predicted molar refractivity (Wildman–Crippen MR) is 121 cm³/mol. The maximum atomic E-state index is 10.1. The van der Waals surface area contributed by atoms with Crippen molar-refractivity contribution in [2.45, 2.75) is 33.1 Å². The minimum absolute atomic E-state index is 0.144. The lowest BCUT2D eigenvalue weighted by Crippen LogP contribution is -2.27. The van der Waals surface area contributed by atoms with Crippen LogP contribution >= 0.6 is 0 Å². The number of aliphatic hydroxyl groups is 1. The summed E-state index contributed by atoms with van der Waals surface area (Å²) < 4.78 is 5.15. The summed E-state index contributed by atoms with van der Waals surface area (Å²) in [7, 11) is 1.55. The fourth-order valence-corrected chi connectivity index (χ4v) is 3.03. The Morgan fingerprint density at radius 2 is 2.07 bits per heavy atom. The molecule has 29 heavy (non-hydrogen) atoms. The molecule has 3 rings (SSSR count). The molecule has 158 valence electrons. The Morgan fingerprint density at radius 1 is 1.28 bits per heavy atom. The van der Waals surface area contributed by atoms with E-state index in [4.69, 9.17) is 4.74 Å². The van der Waals surface area contributed by atoms with E-state index < -0.39 is 0 Å². The van der Waals surface area contributed by atoms with Crippen LogP contribution in [0.5, 0.6) is 0 Å². The molecule has 1 saturated heterocycles. The first-order valence-electron chi connectivity index (χ1n) is 10.3. The smallest absolute Gasteiger partial charge is 0.180 e. The highest BCUT2D eigenvalue weighted by molar-refractivity contribution is 6.12. The summed E-state index contributed by atoms with van der Waals surface area (Å²) in [4.78, 5) is 4.49. The standard InChI is InChI=1S/C19H25N3O2.C4H9N/c1-4-6-15-8-7-14(10-16(15)21-9-5-2)11-22-17-12-20-13-18(24-3)19(17)23;1-2-4-5-3-1/h5-10,12,20,22-23H,4,11,13H2,1-3H3;5H,1-4H2/b9-5-,15-6+,21-16+;. The van der Waals surface area contributed by atoms with Crippen LogP contribution in [0, 0.1) is 0 Å². The number of hydrogen-bond donors (Lipinski definition) is 4. The van der Waals surface area contributed by atoms with Crippen LogP contribution in [0.2, 0.25) is 0 Å². The lowest BCUT2D eigenvalue weighted by molar-refractivity contribution is 0.244. The second-order valence-corrected chi connectivity index (χ2v) is 6.84. The average Bonchev–Trinajstić information content (AvgIpc) is 3.33. The third kappa shape index (κ3) is 7.31. The van der Waals surface area contributed by atoms with Crippen molar-refractivity contribution in [1.29, 1.82) is 0 Å². The number of nitrogens with one attached hydrogen (secondary N) is 3.